The second kappa shape index (κ2) is 5.94. The average molecular weight is 344 g/mol. The molecule has 0 radical (unpaired) electrons. The molecule has 1 aliphatic heterocycles. The molecule has 2 fully saturated rings. The molecule has 3 heterocycles. The minimum atomic E-state index is -1.03. The SMILES string of the molecule is CN(C)C(=O)CC1(O)CCCN(c2ncnc3c2ncn3C2CC2)C1. The largest absolute Gasteiger partial charge is 0.388 e. The summed E-state index contributed by atoms with van der Waals surface area (Å²) in [7, 11) is 3.43. The molecule has 2 aromatic rings. The number of imidazole rings is 1. The van der Waals surface area contributed by atoms with Crippen LogP contribution in [-0.2, 0) is 4.79 Å². The van der Waals surface area contributed by atoms with E-state index < -0.39 is 5.60 Å². The van der Waals surface area contributed by atoms with E-state index in [1.54, 1.807) is 20.4 Å². The summed E-state index contributed by atoms with van der Waals surface area (Å²) in [6.07, 6.45) is 7.30. The molecular formula is C17H24N6O2. The fourth-order valence-electron chi connectivity index (χ4n) is 3.57. The summed E-state index contributed by atoms with van der Waals surface area (Å²) in [4.78, 5) is 29.0. The van der Waals surface area contributed by atoms with Crippen molar-refractivity contribution < 1.29 is 9.90 Å². The summed E-state index contributed by atoms with van der Waals surface area (Å²) in [6.45, 7) is 1.18. The number of β-amino-alcohol motifs (C(OH)–C–C–N with tert-alkyl or cyclic N) is 1. The molecule has 1 N–H and O–H groups in total. The smallest absolute Gasteiger partial charge is 0.225 e. The lowest BCUT2D eigenvalue weighted by atomic mass is 9.89. The molecule has 8 nitrogen and oxygen atoms in total. The van der Waals surface area contributed by atoms with Gasteiger partial charge in [-0.1, -0.05) is 0 Å². The van der Waals surface area contributed by atoms with E-state index in [4.69, 9.17) is 0 Å². The van der Waals surface area contributed by atoms with Gasteiger partial charge in [0.2, 0.25) is 5.91 Å². The zero-order chi connectivity index (χ0) is 17.6. The molecule has 1 saturated carbocycles. The standard InChI is InChI=1S/C17H24N6O2/c1-21(2)13(24)8-17(25)6-3-7-22(9-17)15-14-16(19-10-18-15)23(11-20-14)12-4-5-12/h10-12,25H,3-9H2,1-2H3. The first-order valence-corrected chi connectivity index (χ1v) is 8.82. The van der Waals surface area contributed by atoms with Crippen LogP contribution in [0, 0.1) is 0 Å². The number of carbonyl (C=O) groups is 1. The van der Waals surface area contributed by atoms with Gasteiger partial charge in [-0.15, -0.1) is 0 Å². The van der Waals surface area contributed by atoms with Gasteiger partial charge in [-0.3, -0.25) is 4.79 Å². The Morgan fingerprint density at radius 3 is 2.88 bits per heavy atom. The lowest BCUT2D eigenvalue weighted by molar-refractivity contribution is -0.134. The van der Waals surface area contributed by atoms with E-state index in [1.807, 2.05) is 11.2 Å². The molecule has 134 valence electrons. The lowest BCUT2D eigenvalue weighted by Crippen LogP contribution is -2.50. The van der Waals surface area contributed by atoms with Crippen molar-refractivity contribution in [2.24, 2.45) is 0 Å². The van der Waals surface area contributed by atoms with Gasteiger partial charge < -0.3 is 19.5 Å². The van der Waals surface area contributed by atoms with Gasteiger partial charge in [-0.25, -0.2) is 15.0 Å². The molecule has 2 aliphatic rings. The van der Waals surface area contributed by atoms with Crippen LogP contribution in [0.5, 0.6) is 0 Å². The molecular weight excluding hydrogens is 320 g/mol. The maximum Gasteiger partial charge on any atom is 0.225 e. The van der Waals surface area contributed by atoms with E-state index in [0.717, 1.165) is 29.9 Å². The van der Waals surface area contributed by atoms with Crippen LogP contribution in [-0.4, -0.2) is 68.2 Å². The number of amides is 1. The minimum absolute atomic E-state index is 0.0600. The average Bonchev–Trinajstić information content (AvgIpc) is 3.32. The van der Waals surface area contributed by atoms with E-state index in [9.17, 15) is 9.90 Å². The third kappa shape index (κ3) is 3.06. The third-order valence-electron chi connectivity index (χ3n) is 5.11. The van der Waals surface area contributed by atoms with Gasteiger partial charge >= 0.3 is 0 Å². The molecule has 2 aromatic heterocycles. The number of fused-ring (bicyclic) bond motifs is 1. The molecule has 8 heteroatoms. The molecule has 1 atom stereocenters. The Morgan fingerprint density at radius 2 is 2.16 bits per heavy atom. The Kier molecular flexibility index (Phi) is 3.87. The summed E-state index contributed by atoms with van der Waals surface area (Å²) in [6, 6.07) is 0.503. The molecule has 0 aromatic carbocycles. The first-order valence-electron chi connectivity index (χ1n) is 8.82. The fourth-order valence-corrected chi connectivity index (χ4v) is 3.57. The van der Waals surface area contributed by atoms with E-state index >= 15 is 0 Å². The fraction of sp³-hybridized carbons (Fsp3) is 0.647. The Balaban J connectivity index is 1.61. The number of aliphatic hydroxyl groups is 1. The zero-order valence-corrected chi connectivity index (χ0v) is 14.7. The van der Waals surface area contributed by atoms with Crippen LogP contribution in [0.1, 0.15) is 38.1 Å². The van der Waals surface area contributed by atoms with Crippen molar-refractivity contribution in [3.8, 4) is 0 Å². The number of hydrogen-bond donors (Lipinski definition) is 1. The summed E-state index contributed by atoms with van der Waals surface area (Å²) in [5.74, 6) is 0.690. The third-order valence-corrected chi connectivity index (χ3v) is 5.11. The molecule has 25 heavy (non-hydrogen) atoms. The number of piperidine rings is 1. The van der Waals surface area contributed by atoms with Crippen molar-refractivity contribution in [3.63, 3.8) is 0 Å². The van der Waals surface area contributed by atoms with Crippen molar-refractivity contribution in [1.82, 2.24) is 24.4 Å². The van der Waals surface area contributed by atoms with Crippen molar-refractivity contribution in [2.75, 3.05) is 32.1 Å². The second-order valence-electron chi connectivity index (χ2n) is 7.47. The van der Waals surface area contributed by atoms with Gasteiger partial charge in [0, 0.05) is 33.2 Å². The minimum Gasteiger partial charge on any atom is -0.388 e. The normalized spacial score (nSPS) is 23.9. The van der Waals surface area contributed by atoms with Crippen molar-refractivity contribution in [1.29, 1.82) is 0 Å². The summed E-state index contributed by atoms with van der Waals surface area (Å²) in [5, 5.41) is 10.9. The van der Waals surface area contributed by atoms with Crippen LogP contribution in [0.15, 0.2) is 12.7 Å². The zero-order valence-electron chi connectivity index (χ0n) is 14.7. The number of rotatable bonds is 4. The van der Waals surface area contributed by atoms with Crippen molar-refractivity contribution in [3.05, 3.63) is 12.7 Å². The molecule has 1 unspecified atom stereocenters. The Hall–Kier alpha value is -2.22. The summed E-state index contributed by atoms with van der Waals surface area (Å²) >= 11 is 0. The molecule has 1 aliphatic carbocycles. The topological polar surface area (TPSA) is 87.4 Å². The van der Waals surface area contributed by atoms with E-state index in [1.165, 1.54) is 17.7 Å². The van der Waals surface area contributed by atoms with Crippen LogP contribution in [0.3, 0.4) is 0 Å². The van der Waals surface area contributed by atoms with Gasteiger partial charge in [0.25, 0.3) is 0 Å². The number of aromatic nitrogens is 4. The quantitative estimate of drug-likeness (QED) is 0.889. The first-order chi connectivity index (χ1) is 12.0. The van der Waals surface area contributed by atoms with Gasteiger partial charge in [-0.2, -0.15) is 0 Å². The highest BCUT2D eigenvalue weighted by Crippen LogP contribution is 2.38. The maximum absolute atomic E-state index is 12.1. The van der Waals surface area contributed by atoms with Crippen LogP contribution in [0.2, 0.25) is 0 Å². The molecule has 1 amide bonds. The van der Waals surface area contributed by atoms with Gasteiger partial charge in [-0.05, 0) is 25.7 Å². The van der Waals surface area contributed by atoms with E-state index in [-0.39, 0.29) is 12.3 Å². The van der Waals surface area contributed by atoms with Gasteiger partial charge in [0.15, 0.2) is 17.0 Å². The number of carbonyl (C=O) groups excluding carboxylic acids is 1. The Labute approximate surface area is 146 Å². The molecule has 0 spiro atoms. The van der Waals surface area contributed by atoms with Crippen LogP contribution in [0.4, 0.5) is 5.82 Å². The van der Waals surface area contributed by atoms with Crippen LogP contribution >= 0.6 is 0 Å². The Bertz CT molecular complexity index is 800. The number of nitrogens with zero attached hydrogens (tertiary/aromatic N) is 6. The van der Waals surface area contributed by atoms with E-state index in [0.29, 0.717) is 19.0 Å². The Morgan fingerprint density at radius 1 is 1.36 bits per heavy atom. The molecule has 4 rings (SSSR count). The highest BCUT2D eigenvalue weighted by molar-refractivity contribution is 5.84. The van der Waals surface area contributed by atoms with Gasteiger partial charge in [0.1, 0.15) is 6.33 Å². The first kappa shape index (κ1) is 16.3. The number of anilines is 1. The second-order valence-corrected chi connectivity index (χ2v) is 7.47. The summed E-state index contributed by atoms with van der Waals surface area (Å²) in [5.41, 5.74) is 0.596. The molecule has 1 saturated heterocycles. The van der Waals surface area contributed by atoms with Crippen molar-refractivity contribution in [2.45, 2.75) is 43.7 Å². The van der Waals surface area contributed by atoms with Crippen LogP contribution in [0.25, 0.3) is 11.2 Å². The predicted octanol–water partition coefficient (Wildman–Crippen LogP) is 0.971. The van der Waals surface area contributed by atoms with Crippen molar-refractivity contribution >= 4 is 22.9 Å². The highest BCUT2D eigenvalue weighted by atomic mass is 16.3. The lowest BCUT2D eigenvalue weighted by Gasteiger charge is -2.39. The highest BCUT2D eigenvalue weighted by Gasteiger charge is 2.37. The maximum atomic E-state index is 12.1. The van der Waals surface area contributed by atoms with Crippen LogP contribution < -0.4 is 4.90 Å². The summed E-state index contributed by atoms with van der Waals surface area (Å²) < 4.78 is 2.12. The van der Waals surface area contributed by atoms with Gasteiger partial charge in [0.05, 0.1) is 18.3 Å². The molecule has 0 bridgehead atoms. The van der Waals surface area contributed by atoms with E-state index in [2.05, 4.69) is 19.5 Å². The number of hydrogen-bond acceptors (Lipinski definition) is 6. The monoisotopic (exact) mass is 344 g/mol. The predicted molar refractivity (Wildman–Crippen MR) is 93.3 cm³/mol.